The van der Waals surface area contributed by atoms with E-state index in [0.29, 0.717) is 34.4 Å². The van der Waals surface area contributed by atoms with Crippen LogP contribution in [0.3, 0.4) is 0 Å². The molecule has 1 aliphatic rings. The molecule has 11 nitrogen and oxygen atoms in total. The SMILES string of the molecule is CC(C)N(C)c1cc2c(c(CN(C)C(=O)OC(C)(C)C)n1)CN(c1cccc(-c3nncn3C(C)C)n1)C2=O. The molecule has 0 saturated carbocycles. The Hall–Kier alpha value is -4.02. The maximum Gasteiger partial charge on any atom is 0.410 e. The number of hydrogen-bond donors (Lipinski definition) is 0. The van der Waals surface area contributed by atoms with Crippen molar-refractivity contribution in [2.45, 2.75) is 79.2 Å². The van der Waals surface area contributed by atoms with Crippen molar-refractivity contribution >= 4 is 23.6 Å². The van der Waals surface area contributed by atoms with E-state index in [2.05, 4.69) is 24.0 Å². The molecule has 1 aliphatic heterocycles. The van der Waals surface area contributed by atoms with Gasteiger partial charge >= 0.3 is 6.09 Å². The fourth-order valence-corrected chi connectivity index (χ4v) is 4.24. The number of aromatic nitrogens is 5. The standard InChI is InChI=1S/C28H38N8O3/c1-17(2)34(9)24-13-19-20(22(31-24)15-33(8)27(38)39-28(5,6)7)14-35(26(19)37)23-12-10-11-21(30-23)25-32-29-16-36(25)18(3)4/h10-13,16-18H,14-15H2,1-9H3. The van der Waals surface area contributed by atoms with Gasteiger partial charge in [0.1, 0.15) is 29.3 Å². The highest BCUT2D eigenvalue weighted by molar-refractivity contribution is 6.10. The second-order valence-corrected chi connectivity index (χ2v) is 11.4. The number of carbonyl (C=O) groups is 2. The number of nitrogens with zero attached hydrogens (tertiary/aromatic N) is 8. The lowest BCUT2D eigenvalue weighted by molar-refractivity contribution is 0.0282. The largest absolute Gasteiger partial charge is 0.444 e. The number of anilines is 2. The predicted molar refractivity (Wildman–Crippen MR) is 150 cm³/mol. The van der Waals surface area contributed by atoms with Crippen molar-refractivity contribution in [3.63, 3.8) is 0 Å². The van der Waals surface area contributed by atoms with E-state index in [4.69, 9.17) is 14.7 Å². The lowest BCUT2D eigenvalue weighted by atomic mass is 10.1. The zero-order valence-electron chi connectivity index (χ0n) is 24.3. The average molecular weight is 535 g/mol. The summed E-state index contributed by atoms with van der Waals surface area (Å²) in [5.74, 6) is 1.65. The highest BCUT2D eigenvalue weighted by Crippen LogP contribution is 2.33. The second-order valence-electron chi connectivity index (χ2n) is 11.4. The molecule has 0 bridgehead atoms. The van der Waals surface area contributed by atoms with Crippen LogP contribution in [0.1, 0.15) is 76.1 Å². The van der Waals surface area contributed by atoms with Gasteiger partial charge in [0.15, 0.2) is 5.82 Å². The Balaban J connectivity index is 1.71. The van der Waals surface area contributed by atoms with Gasteiger partial charge in [-0.25, -0.2) is 14.8 Å². The molecule has 4 rings (SSSR count). The van der Waals surface area contributed by atoms with Gasteiger partial charge < -0.3 is 19.1 Å². The number of carbonyl (C=O) groups excluding carboxylic acids is 2. The van der Waals surface area contributed by atoms with E-state index < -0.39 is 11.7 Å². The van der Waals surface area contributed by atoms with Crippen molar-refractivity contribution in [1.29, 1.82) is 0 Å². The molecular weight excluding hydrogens is 496 g/mol. The Morgan fingerprint density at radius 2 is 1.85 bits per heavy atom. The van der Waals surface area contributed by atoms with Crippen LogP contribution in [0.15, 0.2) is 30.6 Å². The van der Waals surface area contributed by atoms with E-state index in [0.717, 1.165) is 5.56 Å². The molecule has 0 radical (unpaired) electrons. The van der Waals surface area contributed by atoms with Crippen LogP contribution in [-0.4, -0.2) is 67.4 Å². The van der Waals surface area contributed by atoms with Gasteiger partial charge in [-0.05, 0) is 66.7 Å². The van der Waals surface area contributed by atoms with Crippen LogP contribution < -0.4 is 9.80 Å². The highest BCUT2D eigenvalue weighted by Gasteiger charge is 2.34. The van der Waals surface area contributed by atoms with Gasteiger partial charge in [-0.15, -0.1) is 10.2 Å². The fourth-order valence-electron chi connectivity index (χ4n) is 4.24. The van der Waals surface area contributed by atoms with Crippen LogP contribution in [0.4, 0.5) is 16.4 Å². The minimum absolute atomic E-state index is 0.157. The van der Waals surface area contributed by atoms with E-state index in [1.54, 1.807) is 18.3 Å². The molecule has 0 atom stereocenters. The molecule has 39 heavy (non-hydrogen) atoms. The molecule has 3 aromatic heterocycles. The summed E-state index contributed by atoms with van der Waals surface area (Å²) in [5, 5.41) is 8.30. The third-order valence-corrected chi connectivity index (χ3v) is 6.59. The van der Waals surface area contributed by atoms with Crippen molar-refractivity contribution in [2.24, 2.45) is 0 Å². The summed E-state index contributed by atoms with van der Waals surface area (Å²) < 4.78 is 7.48. The number of ether oxygens (including phenoxy) is 1. The molecule has 3 aromatic rings. The highest BCUT2D eigenvalue weighted by atomic mass is 16.6. The van der Waals surface area contributed by atoms with Crippen LogP contribution in [0.2, 0.25) is 0 Å². The number of rotatable bonds is 7. The Kier molecular flexibility index (Phi) is 7.63. The fraction of sp³-hybridized carbons (Fsp3) is 0.500. The average Bonchev–Trinajstić information content (AvgIpc) is 3.48. The Morgan fingerprint density at radius 3 is 2.49 bits per heavy atom. The molecule has 2 amide bonds. The van der Waals surface area contributed by atoms with E-state index >= 15 is 0 Å². The molecular formula is C28H38N8O3. The number of amides is 2. The van der Waals surface area contributed by atoms with Crippen molar-refractivity contribution in [3.05, 3.63) is 47.4 Å². The number of pyridine rings is 2. The van der Waals surface area contributed by atoms with Gasteiger partial charge in [-0.3, -0.25) is 9.69 Å². The van der Waals surface area contributed by atoms with E-state index in [1.165, 1.54) is 4.90 Å². The smallest absolute Gasteiger partial charge is 0.410 e. The molecule has 0 aliphatic carbocycles. The van der Waals surface area contributed by atoms with Gasteiger partial charge in [-0.1, -0.05) is 6.07 Å². The van der Waals surface area contributed by atoms with Gasteiger partial charge in [-0.2, -0.15) is 0 Å². The third kappa shape index (κ3) is 5.86. The van der Waals surface area contributed by atoms with E-state index in [-0.39, 0.29) is 31.1 Å². The van der Waals surface area contributed by atoms with Crippen LogP contribution in [-0.2, 0) is 17.8 Å². The molecule has 0 saturated heterocycles. The minimum atomic E-state index is -0.621. The first-order valence-corrected chi connectivity index (χ1v) is 13.2. The topological polar surface area (TPSA) is 110 Å². The van der Waals surface area contributed by atoms with E-state index in [9.17, 15) is 9.59 Å². The van der Waals surface area contributed by atoms with Crippen LogP contribution >= 0.6 is 0 Å². The van der Waals surface area contributed by atoms with Crippen molar-refractivity contribution in [3.8, 4) is 11.5 Å². The first-order chi connectivity index (χ1) is 18.3. The van der Waals surface area contributed by atoms with Gasteiger partial charge in [0.05, 0.1) is 24.3 Å². The summed E-state index contributed by atoms with van der Waals surface area (Å²) in [6.45, 7) is 14.2. The maximum absolute atomic E-state index is 13.8. The normalized spacial score (nSPS) is 13.3. The van der Waals surface area contributed by atoms with Crippen molar-refractivity contribution in [2.75, 3.05) is 23.9 Å². The molecule has 0 unspecified atom stereocenters. The van der Waals surface area contributed by atoms with Crippen molar-refractivity contribution < 1.29 is 14.3 Å². The maximum atomic E-state index is 13.8. The molecule has 0 spiro atoms. The van der Waals surface area contributed by atoms with E-state index in [1.807, 2.05) is 75.4 Å². The summed E-state index contributed by atoms with van der Waals surface area (Å²) in [6.07, 6.45) is 1.22. The number of hydrogen-bond acceptors (Lipinski definition) is 8. The molecule has 0 aromatic carbocycles. The Labute approximate surface area is 229 Å². The third-order valence-electron chi connectivity index (χ3n) is 6.59. The molecule has 0 fully saturated rings. The molecule has 11 heteroatoms. The summed E-state index contributed by atoms with van der Waals surface area (Å²) in [6, 6.07) is 7.68. The second kappa shape index (κ2) is 10.6. The quantitative estimate of drug-likeness (QED) is 0.430. The molecule has 0 N–H and O–H groups in total. The van der Waals surface area contributed by atoms with Crippen LogP contribution in [0.5, 0.6) is 0 Å². The molecule has 4 heterocycles. The monoisotopic (exact) mass is 534 g/mol. The first kappa shape index (κ1) is 28.0. The Morgan fingerprint density at radius 1 is 1.13 bits per heavy atom. The van der Waals surface area contributed by atoms with Crippen LogP contribution in [0.25, 0.3) is 11.5 Å². The van der Waals surface area contributed by atoms with Gasteiger partial charge in [0, 0.05) is 31.7 Å². The van der Waals surface area contributed by atoms with Gasteiger partial charge in [0.2, 0.25) is 0 Å². The number of fused-ring (bicyclic) bond motifs is 1. The predicted octanol–water partition coefficient (Wildman–Crippen LogP) is 4.69. The first-order valence-electron chi connectivity index (χ1n) is 13.2. The summed E-state index contributed by atoms with van der Waals surface area (Å²) in [7, 11) is 3.61. The molecule has 208 valence electrons. The summed E-state index contributed by atoms with van der Waals surface area (Å²) in [4.78, 5) is 41.3. The van der Waals surface area contributed by atoms with Gasteiger partial charge in [0.25, 0.3) is 5.91 Å². The summed E-state index contributed by atoms with van der Waals surface area (Å²) >= 11 is 0. The lowest BCUT2D eigenvalue weighted by Gasteiger charge is -2.26. The zero-order chi connectivity index (χ0) is 28.6. The zero-order valence-corrected chi connectivity index (χ0v) is 24.3. The Bertz CT molecular complexity index is 1380. The lowest BCUT2D eigenvalue weighted by Crippen LogP contribution is -2.34. The minimum Gasteiger partial charge on any atom is -0.444 e. The van der Waals surface area contributed by atoms with Crippen LogP contribution in [0, 0.1) is 0 Å². The van der Waals surface area contributed by atoms with Crippen molar-refractivity contribution in [1.82, 2.24) is 29.6 Å². The summed E-state index contributed by atoms with van der Waals surface area (Å²) in [5.41, 5.74) is 1.98.